The van der Waals surface area contributed by atoms with Gasteiger partial charge in [-0.25, -0.2) is 4.98 Å². The maximum atomic E-state index is 5.78. The van der Waals surface area contributed by atoms with Crippen molar-refractivity contribution in [3.8, 4) is 5.88 Å². The normalized spacial score (nSPS) is 10.6. The van der Waals surface area contributed by atoms with E-state index in [0.29, 0.717) is 6.61 Å². The summed E-state index contributed by atoms with van der Waals surface area (Å²) in [7, 11) is 1.95. The van der Waals surface area contributed by atoms with E-state index >= 15 is 0 Å². The Balaban J connectivity index is 1.96. The second-order valence-electron chi connectivity index (χ2n) is 4.37. The standard InChI is InChI=1S/C15H20N2OS/c1-3-13-9-12(11-16-2)10-15(17-13)18-7-6-14-5-4-8-19-14/h4-5,8-10,16H,3,6-7,11H2,1-2H3. The van der Waals surface area contributed by atoms with Crippen LogP contribution in [0.2, 0.25) is 0 Å². The van der Waals surface area contributed by atoms with Crippen LogP contribution >= 0.6 is 11.3 Å². The number of thiophene rings is 1. The van der Waals surface area contributed by atoms with Crippen molar-refractivity contribution in [1.82, 2.24) is 10.3 Å². The highest BCUT2D eigenvalue weighted by Crippen LogP contribution is 2.15. The summed E-state index contributed by atoms with van der Waals surface area (Å²) < 4.78 is 5.78. The first-order valence-corrected chi connectivity index (χ1v) is 7.49. The molecule has 2 aromatic rings. The monoisotopic (exact) mass is 276 g/mol. The molecule has 4 heteroatoms. The molecule has 0 saturated carbocycles. The zero-order valence-electron chi connectivity index (χ0n) is 11.5. The van der Waals surface area contributed by atoms with Crippen molar-refractivity contribution in [2.45, 2.75) is 26.3 Å². The van der Waals surface area contributed by atoms with Gasteiger partial charge in [-0.1, -0.05) is 13.0 Å². The highest BCUT2D eigenvalue weighted by Gasteiger charge is 2.03. The Morgan fingerprint density at radius 2 is 2.26 bits per heavy atom. The Labute approximate surface area is 118 Å². The highest BCUT2D eigenvalue weighted by atomic mass is 32.1. The smallest absolute Gasteiger partial charge is 0.213 e. The number of ether oxygens (including phenoxy) is 1. The number of pyridine rings is 1. The fourth-order valence-electron chi connectivity index (χ4n) is 1.89. The molecule has 3 nitrogen and oxygen atoms in total. The summed E-state index contributed by atoms with van der Waals surface area (Å²) in [5.74, 6) is 0.737. The molecule has 0 spiro atoms. The molecule has 0 aliphatic carbocycles. The van der Waals surface area contributed by atoms with Crippen LogP contribution in [-0.2, 0) is 19.4 Å². The van der Waals surface area contributed by atoms with E-state index in [1.807, 2.05) is 13.1 Å². The molecule has 0 radical (unpaired) electrons. The van der Waals surface area contributed by atoms with Crippen LogP contribution in [0.5, 0.6) is 5.88 Å². The highest BCUT2D eigenvalue weighted by molar-refractivity contribution is 7.09. The summed E-state index contributed by atoms with van der Waals surface area (Å²) in [6, 6.07) is 8.35. The number of hydrogen-bond donors (Lipinski definition) is 1. The minimum absolute atomic E-state index is 0.680. The second kappa shape index (κ2) is 7.26. The molecule has 19 heavy (non-hydrogen) atoms. The topological polar surface area (TPSA) is 34.1 Å². The minimum Gasteiger partial charge on any atom is -0.477 e. The van der Waals surface area contributed by atoms with E-state index in [4.69, 9.17) is 4.74 Å². The predicted molar refractivity (Wildman–Crippen MR) is 79.9 cm³/mol. The quantitative estimate of drug-likeness (QED) is 0.844. The molecule has 0 bridgehead atoms. The third kappa shape index (κ3) is 4.33. The van der Waals surface area contributed by atoms with Gasteiger partial charge >= 0.3 is 0 Å². The summed E-state index contributed by atoms with van der Waals surface area (Å²) >= 11 is 1.77. The number of nitrogens with zero attached hydrogens (tertiary/aromatic N) is 1. The van der Waals surface area contributed by atoms with E-state index in [0.717, 1.165) is 31.0 Å². The Hall–Kier alpha value is -1.39. The van der Waals surface area contributed by atoms with Gasteiger partial charge in [0.2, 0.25) is 5.88 Å². The van der Waals surface area contributed by atoms with E-state index in [9.17, 15) is 0 Å². The zero-order valence-corrected chi connectivity index (χ0v) is 12.3. The molecule has 102 valence electrons. The maximum Gasteiger partial charge on any atom is 0.213 e. The lowest BCUT2D eigenvalue weighted by Gasteiger charge is -2.09. The Morgan fingerprint density at radius 3 is 2.95 bits per heavy atom. The molecule has 1 N–H and O–H groups in total. The van der Waals surface area contributed by atoms with E-state index in [2.05, 4.69) is 40.8 Å². The van der Waals surface area contributed by atoms with Crippen molar-refractivity contribution in [2.24, 2.45) is 0 Å². The van der Waals surface area contributed by atoms with E-state index in [-0.39, 0.29) is 0 Å². The summed E-state index contributed by atoms with van der Waals surface area (Å²) in [6.07, 6.45) is 1.87. The molecule has 2 rings (SSSR count). The Morgan fingerprint density at radius 1 is 1.37 bits per heavy atom. The number of aryl methyl sites for hydroxylation is 1. The molecule has 2 heterocycles. The van der Waals surface area contributed by atoms with Gasteiger partial charge < -0.3 is 10.1 Å². The largest absolute Gasteiger partial charge is 0.477 e. The van der Waals surface area contributed by atoms with Crippen LogP contribution in [0.25, 0.3) is 0 Å². The molecule has 0 aromatic carbocycles. The van der Waals surface area contributed by atoms with Crippen LogP contribution in [0.1, 0.15) is 23.1 Å². The summed E-state index contributed by atoms with van der Waals surface area (Å²) in [5.41, 5.74) is 2.30. The van der Waals surface area contributed by atoms with Gasteiger partial charge in [0.15, 0.2) is 0 Å². The van der Waals surface area contributed by atoms with Crippen molar-refractivity contribution < 1.29 is 4.74 Å². The minimum atomic E-state index is 0.680. The third-order valence-corrected chi connectivity index (χ3v) is 3.77. The number of nitrogens with one attached hydrogen (secondary N) is 1. The Kier molecular flexibility index (Phi) is 5.36. The van der Waals surface area contributed by atoms with Crippen LogP contribution in [-0.4, -0.2) is 18.6 Å². The van der Waals surface area contributed by atoms with Gasteiger partial charge in [0.05, 0.1) is 6.61 Å². The van der Waals surface area contributed by atoms with Crippen molar-refractivity contribution in [1.29, 1.82) is 0 Å². The average molecular weight is 276 g/mol. The molecule has 0 aliphatic heterocycles. The first kappa shape index (κ1) is 14.0. The van der Waals surface area contributed by atoms with Crippen LogP contribution < -0.4 is 10.1 Å². The lowest BCUT2D eigenvalue weighted by atomic mass is 10.2. The van der Waals surface area contributed by atoms with Crippen molar-refractivity contribution in [2.75, 3.05) is 13.7 Å². The van der Waals surface area contributed by atoms with Gasteiger partial charge in [-0.05, 0) is 36.5 Å². The molecule has 0 atom stereocenters. The van der Waals surface area contributed by atoms with Crippen molar-refractivity contribution >= 4 is 11.3 Å². The molecule has 0 fully saturated rings. The van der Waals surface area contributed by atoms with Gasteiger partial charge in [0.25, 0.3) is 0 Å². The molecule has 0 unspecified atom stereocenters. The van der Waals surface area contributed by atoms with E-state index in [1.165, 1.54) is 10.4 Å². The second-order valence-corrected chi connectivity index (χ2v) is 5.40. The van der Waals surface area contributed by atoms with Crippen LogP contribution in [0.3, 0.4) is 0 Å². The van der Waals surface area contributed by atoms with Crippen LogP contribution in [0.15, 0.2) is 29.6 Å². The van der Waals surface area contributed by atoms with Gasteiger partial charge in [-0.3, -0.25) is 0 Å². The summed E-state index contributed by atoms with van der Waals surface area (Å²) in [5, 5.41) is 5.25. The lowest BCUT2D eigenvalue weighted by molar-refractivity contribution is 0.309. The van der Waals surface area contributed by atoms with Gasteiger partial charge in [0.1, 0.15) is 0 Å². The Bertz CT molecular complexity index is 497. The summed E-state index contributed by atoms with van der Waals surface area (Å²) in [6.45, 7) is 3.64. The predicted octanol–water partition coefficient (Wildman–Crippen LogP) is 3.05. The molecule has 2 aromatic heterocycles. The first-order chi connectivity index (χ1) is 9.31. The molecule has 0 aliphatic rings. The molecular weight excluding hydrogens is 256 g/mol. The lowest BCUT2D eigenvalue weighted by Crippen LogP contribution is -2.08. The van der Waals surface area contributed by atoms with Gasteiger partial charge in [0, 0.05) is 29.6 Å². The third-order valence-electron chi connectivity index (χ3n) is 2.84. The molecule has 0 amide bonds. The number of hydrogen-bond acceptors (Lipinski definition) is 4. The fraction of sp³-hybridized carbons (Fsp3) is 0.400. The zero-order chi connectivity index (χ0) is 13.5. The van der Waals surface area contributed by atoms with Gasteiger partial charge in [-0.2, -0.15) is 0 Å². The van der Waals surface area contributed by atoms with Crippen molar-refractivity contribution in [3.05, 3.63) is 45.8 Å². The first-order valence-electron chi connectivity index (χ1n) is 6.61. The number of aromatic nitrogens is 1. The van der Waals surface area contributed by atoms with E-state index < -0.39 is 0 Å². The SMILES string of the molecule is CCc1cc(CNC)cc(OCCc2cccs2)n1. The van der Waals surface area contributed by atoms with Crippen molar-refractivity contribution in [3.63, 3.8) is 0 Å². The fourth-order valence-corrected chi connectivity index (χ4v) is 2.58. The van der Waals surface area contributed by atoms with Crippen LogP contribution in [0.4, 0.5) is 0 Å². The molecule has 0 saturated heterocycles. The summed E-state index contributed by atoms with van der Waals surface area (Å²) in [4.78, 5) is 5.86. The van der Waals surface area contributed by atoms with E-state index in [1.54, 1.807) is 11.3 Å². The maximum absolute atomic E-state index is 5.78. The average Bonchev–Trinajstić information content (AvgIpc) is 2.92. The number of rotatable bonds is 7. The molecular formula is C15H20N2OS. The van der Waals surface area contributed by atoms with Gasteiger partial charge in [-0.15, -0.1) is 11.3 Å². The van der Waals surface area contributed by atoms with Crippen LogP contribution in [0, 0.1) is 0 Å².